The van der Waals surface area contributed by atoms with Crippen LogP contribution in [-0.2, 0) is 14.3 Å². The summed E-state index contributed by atoms with van der Waals surface area (Å²) in [7, 11) is 0. The van der Waals surface area contributed by atoms with Crippen LogP contribution >= 0.6 is 0 Å². The third-order valence-corrected chi connectivity index (χ3v) is 4.95. The quantitative estimate of drug-likeness (QED) is 0.520. The van der Waals surface area contributed by atoms with Gasteiger partial charge in [-0.05, 0) is 66.0 Å². The number of aryl methyl sites for hydroxylation is 2. The van der Waals surface area contributed by atoms with Gasteiger partial charge in [-0.15, -0.1) is 0 Å². The maximum absolute atomic E-state index is 13.3. The van der Waals surface area contributed by atoms with Crippen LogP contribution in [0.4, 0.5) is 4.79 Å². The van der Waals surface area contributed by atoms with Gasteiger partial charge in [0.15, 0.2) is 0 Å². The first kappa shape index (κ1) is 27.5. The van der Waals surface area contributed by atoms with E-state index < -0.39 is 17.7 Å². The van der Waals surface area contributed by atoms with E-state index in [1.165, 1.54) is 0 Å². The van der Waals surface area contributed by atoms with Crippen molar-refractivity contribution in [3.8, 4) is 0 Å². The molecule has 0 aliphatic heterocycles. The molecule has 1 rings (SSSR count). The minimum absolute atomic E-state index is 0.215. The number of alkyl carbamates (subject to hydrolysis) is 1. The Bertz CT molecular complexity index is 784. The fraction of sp³-hybridized carbons (Fsp3) is 0.640. The highest BCUT2D eigenvalue weighted by molar-refractivity contribution is 5.90. The van der Waals surface area contributed by atoms with Crippen molar-refractivity contribution in [3.05, 3.63) is 34.9 Å². The van der Waals surface area contributed by atoms with Crippen LogP contribution in [0.25, 0.3) is 0 Å². The molecule has 7 nitrogen and oxygen atoms in total. The highest BCUT2D eigenvalue weighted by Gasteiger charge is 2.34. The second-order valence-corrected chi connectivity index (χ2v) is 9.51. The van der Waals surface area contributed by atoms with E-state index in [2.05, 4.69) is 17.6 Å². The summed E-state index contributed by atoms with van der Waals surface area (Å²) in [5.74, 6) is -0.563. The van der Waals surface area contributed by atoms with E-state index in [0.29, 0.717) is 6.54 Å². The summed E-state index contributed by atoms with van der Waals surface area (Å²) >= 11 is 0. The van der Waals surface area contributed by atoms with Crippen LogP contribution in [-0.4, -0.2) is 47.5 Å². The summed E-state index contributed by atoms with van der Waals surface area (Å²) in [6.07, 6.45) is 2.31. The average molecular weight is 448 g/mol. The van der Waals surface area contributed by atoms with Gasteiger partial charge in [-0.25, -0.2) is 4.79 Å². The van der Waals surface area contributed by atoms with Crippen molar-refractivity contribution in [2.24, 2.45) is 0 Å². The number of carbonyl (C=O) groups is 3. The zero-order valence-corrected chi connectivity index (χ0v) is 21.0. The normalized spacial score (nSPS) is 12.3. The second-order valence-electron chi connectivity index (χ2n) is 9.51. The maximum atomic E-state index is 13.3. The summed E-state index contributed by atoms with van der Waals surface area (Å²) in [6, 6.07) is 4.82. The summed E-state index contributed by atoms with van der Waals surface area (Å²) in [6.45, 7) is 15.4. The zero-order chi connectivity index (χ0) is 24.5. The Morgan fingerprint density at radius 3 is 2.25 bits per heavy atom. The van der Waals surface area contributed by atoms with E-state index in [1.807, 2.05) is 45.9 Å². The Hall–Kier alpha value is -2.57. The molecule has 0 spiro atoms. The van der Waals surface area contributed by atoms with Crippen LogP contribution in [0.1, 0.15) is 83.5 Å². The predicted octanol–water partition coefficient (Wildman–Crippen LogP) is 4.41. The van der Waals surface area contributed by atoms with Crippen LogP contribution < -0.4 is 10.6 Å². The molecule has 32 heavy (non-hydrogen) atoms. The first-order chi connectivity index (χ1) is 14.9. The minimum atomic E-state index is -0.787. The maximum Gasteiger partial charge on any atom is 0.408 e. The Kier molecular flexibility index (Phi) is 10.7. The fourth-order valence-corrected chi connectivity index (χ4v) is 3.52. The lowest BCUT2D eigenvalue weighted by atomic mass is 9.96. The highest BCUT2D eigenvalue weighted by atomic mass is 16.6. The number of amides is 3. The largest absolute Gasteiger partial charge is 0.444 e. The molecular formula is C25H41N3O4. The number of hydrogen-bond donors (Lipinski definition) is 2. The molecule has 1 aromatic carbocycles. The molecule has 0 heterocycles. The van der Waals surface area contributed by atoms with Gasteiger partial charge >= 0.3 is 6.09 Å². The molecule has 0 bridgehead atoms. The lowest BCUT2D eigenvalue weighted by Gasteiger charge is -2.35. The fourth-order valence-electron chi connectivity index (χ4n) is 3.52. The number of carbonyl (C=O) groups excluding carboxylic acids is 3. The van der Waals surface area contributed by atoms with E-state index in [-0.39, 0.29) is 24.4 Å². The van der Waals surface area contributed by atoms with Crippen molar-refractivity contribution in [2.75, 3.05) is 13.1 Å². The Balaban J connectivity index is 3.16. The van der Waals surface area contributed by atoms with Crippen molar-refractivity contribution in [2.45, 2.75) is 92.3 Å². The molecule has 1 atom stereocenters. The predicted molar refractivity (Wildman–Crippen MR) is 127 cm³/mol. The summed E-state index contributed by atoms with van der Waals surface area (Å²) in [4.78, 5) is 40.1. The molecular weight excluding hydrogens is 406 g/mol. The highest BCUT2D eigenvalue weighted by Crippen LogP contribution is 2.27. The van der Waals surface area contributed by atoms with Gasteiger partial charge in [0.1, 0.15) is 18.2 Å². The first-order valence-corrected chi connectivity index (χ1v) is 11.5. The molecule has 0 saturated carbocycles. The van der Waals surface area contributed by atoms with Gasteiger partial charge in [-0.3, -0.25) is 9.59 Å². The Labute approximate surface area is 193 Å². The van der Waals surface area contributed by atoms with Crippen molar-refractivity contribution >= 4 is 17.9 Å². The minimum Gasteiger partial charge on any atom is -0.444 e. The van der Waals surface area contributed by atoms with Crippen LogP contribution in [0, 0.1) is 13.8 Å². The molecule has 1 unspecified atom stereocenters. The van der Waals surface area contributed by atoms with Crippen molar-refractivity contribution in [1.29, 1.82) is 0 Å². The van der Waals surface area contributed by atoms with Crippen LogP contribution in [0.2, 0.25) is 0 Å². The van der Waals surface area contributed by atoms with E-state index in [9.17, 15) is 14.4 Å². The lowest BCUT2D eigenvalue weighted by molar-refractivity contribution is -0.142. The van der Waals surface area contributed by atoms with E-state index >= 15 is 0 Å². The molecule has 3 amide bonds. The average Bonchev–Trinajstić information content (AvgIpc) is 2.66. The van der Waals surface area contributed by atoms with Crippen LogP contribution in [0.3, 0.4) is 0 Å². The van der Waals surface area contributed by atoms with Gasteiger partial charge < -0.3 is 20.3 Å². The topological polar surface area (TPSA) is 87.7 Å². The number of ether oxygens (including phenoxy) is 1. The van der Waals surface area contributed by atoms with E-state index in [0.717, 1.165) is 36.0 Å². The van der Waals surface area contributed by atoms with E-state index in [1.54, 1.807) is 25.7 Å². The van der Waals surface area contributed by atoms with Crippen molar-refractivity contribution in [1.82, 2.24) is 15.5 Å². The molecule has 0 aliphatic rings. The van der Waals surface area contributed by atoms with Crippen LogP contribution in [0.5, 0.6) is 0 Å². The molecule has 0 aromatic heterocycles. The molecule has 180 valence electrons. The van der Waals surface area contributed by atoms with Gasteiger partial charge in [-0.1, -0.05) is 43.5 Å². The summed E-state index contributed by atoms with van der Waals surface area (Å²) in [5.41, 5.74) is 2.15. The Morgan fingerprint density at radius 2 is 1.72 bits per heavy atom. The third kappa shape index (κ3) is 8.89. The van der Waals surface area contributed by atoms with Gasteiger partial charge in [0.05, 0.1) is 0 Å². The van der Waals surface area contributed by atoms with Gasteiger partial charge in [-0.2, -0.15) is 0 Å². The summed E-state index contributed by atoms with van der Waals surface area (Å²) in [5, 5.41) is 5.52. The van der Waals surface area contributed by atoms with Gasteiger partial charge in [0.25, 0.3) is 0 Å². The van der Waals surface area contributed by atoms with Crippen molar-refractivity contribution < 1.29 is 19.1 Å². The monoisotopic (exact) mass is 447 g/mol. The number of nitrogens with one attached hydrogen (secondary N) is 2. The Morgan fingerprint density at radius 1 is 1.06 bits per heavy atom. The van der Waals surface area contributed by atoms with Gasteiger partial charge in [0.2, 0.25) is 11.8 Å². The molecule has 0 fully saturated rings. The van der Waals surface area contributed by atoms with Crippen molar-refractivity contribution in [3.63, 3.8) is 0 Å². The third-order valence-electron chi connectivity index (χ3n) is 4.95. The van der Waals surface area contributed by atoms with E-state index in [4.69, 9.17) is 4.74 Å². The number of unbranched alkanes of at least 4 members (excludes halogenated alkanes) is 2. The standard InChI is InChI=1S/C25H41N3O4/c1-9-10-11-14-26-23(30)22(20-13-12-18(4)15-19(20)5)28(17(2)3)21(29)16-27-24(31)32-25(6,7)8/h12-13,15,17,22H,9-11,14,16H2,1-8H3,(H,26,30)(H,27,31). The summed E-state index contributed by atoms with van der Waals surface area (Å²) < 4.78 is 5.23. The molecule has 0 saturated heterocycles. The molecule has 2 N–H and O–H groups in total. The number of nitrogens with zero attached hydrogens (tertiary/aromatic N) is 1. The number of rotatable bonds is 10. The molecule has 0 aliphatic carbocycles. The molecule has 0 radical (unpaired) electrons. The zero-order valence-electron chi connectivity index (χ0n) is 21.0. The first-order valence-electron chi connectivity index (χ1n) is 11.5. The molecule has 1 aromatic rings. The van der Waals surface area contributed by atoms with Crippen LogP contribution in [0.15, 0.2) is 18.2 Å². The lowest BCUT2D eigenvalue weighted by Crippen LogP contribution is -2.50. The number of benzene rings is 1. The number of hydrogen-bond acceptors (Lipinski definition) is 4. The van der Waals surface area contributed by atoms with Gasteiger partial charge in [0, 0.05) is 12.6 Å². The smallest absolute Gasteiger partial charge is 0.408 e. The second kappa shape index (κ2) is 12.5. The SMILES string of the molecule is CCCCCNC(=O)C(c1ccc(C)cc1C)N(C(=O)CNC(=O)OC(C)(C)C)C(C)C. The molecule has 7 heteroatoms.